The molecule has 2 heterocycles. The molecule has 0 radical (unpaired) electrons. The van der Waals surface area contributed by atoms with Gasteiger partial charge in [0.05, 0.1) is 43.0 Å². The number of aromatic nitrogens is 4. The minimum absolute atomic E-state index is 0.0810. The number of fused-ring (bicyclic) bond motifs is 1. The van der Waals surface area contributed by atoms with Crippen LogP contribution in [0.5, 0.6) is 17.2 Å². The molecule has 0 aliphatic heterocycles. The predicted octanol–water partition coefficient (Wildman–Crippen LogP) is 2.93. The molecule has 4 rings (SSSR count). The van der Waals surface area contributed by atoms with Crippen LogP contribution in [0.3, 0.4) is 0 Å². The van der Waals surface area contributed by atoms with Crippen LogP contribution in [-0.4, -0.2) is 51.6 Å². The summed E-state index contributed by atoms with van der Waals surface area (Å²) in [5.41, 5.74) is 2.97. The fourth-order valence-corrected chi connectivity index (χ4v) is 3.92. The maximum Gasteiger partial charge on any atom is 0.408 e. The number of ether oxygens (including phenoxy) is 3. The Labute approximate surface area is 214 Å². The quantitative estimate of drug-likeness (QED) is 0.268. The van der Waals surface area contributed by atoms with Crippen LogP contribution in [0.15, 0.2) is 41.2 Å². The summed E-state index contributed by atoms with van der Waals surface area (Å²) in [6.45, 7) is 1.04. The number of amides is 1. The Morgan fingerprint density at radius 3 is 2.35 bits per heavy atom. The monoisotopic (exact) mass is 528 g/mol. The van der Waals surface area contributed by atoms with Gasteiger partial charge in [-0.05, 0) is 36.1 Å². The number of hydrogen-bond donors (Lipinski definition) is 1. The van der Waals surface area contributed by atoms with Crippen LogP contribution in [0.4, 0.5) is 5.82 Å². The third kappa shape index (κ3) is 4.63. The molecule has 14 heteroatoms. The van der Waals surface area contributed by atoms with Crippen molar-refractivity contribution >= 4 is 34.2 Å². The normalized spacial score (nSPS) is 10.8. The van der Waals surface area contributed by atoms with Crippen molar-refractivity contribution in [3.63, 3.8) is 0 Å². The first-order chi connectivity index (χ1) is 17.7. The molecule has 2 aromatic heterocycles. The van der Waals surface area contributed by atoms with E-state index in [4.69, 9.17) is 25.8 Å². The number of nitrogens with one attached hydrogen (secondary N) is 1. The molecule has 0 saturated carbocycles. The zero-order chi connectivity index (χ0) is 26.9. The van der Waals surface area contributed by atoms with Crippen LogP contribution in [0, 0.1) is 17.0 Å². The fraction of sp³-hybridized carbons (Fsp3) is 0.217. The molecular formula is C23H21ClN6O7. The van der Waals surface area contributed by atoms with Gasteiger partial charge in [0.15, 0.2) is 22.3 Å². The van der Waals surface area contributed by atoms with Crippen molar-refractivity contribution in [2.45, 2.75) is 13.5 Å². The fourth-order valence-electron chi connectivity index (χ4n) is 3.72. The summed E-state index contributed by atoms with van der Waals surface area (Å²) >= 11 is 5.97. The lowest BCUT2D eigenvalue weighted by molar-refractivity contribution is -0.389. The van der Waals surface area contributed by atoms with Crippen LogP contribution in [-0.2, 0) is 11.3 Å². The lowest BCUT2D eigenvalue weighted by atomic mass is 10.1. The lowest BCUT2D eigenvalue weighted by Crippen LogP contribution is -2.37. The van der Waals surface area contributed by atoms with Crippen LogP contribution in [0.2, 0.25) is 5.02 Å². The summed E-state index contributed by atoms with van der Waals surface area (Å²) in [6, 6.07) is 9.81. The van der Waals surface area contributed by atoms with E-state index < -0.39 is 28.8 Å². The van der Waals surface area contributed by atoms with E-state index in [0.29, 0.717) is 28.3 Å². The molecule has 1 N–H and O–H groups in total. The van der Waals surface area contributed by atoms with Gasteiger partial charge in [0.2, 0.25) is 5.75 Å². The average molecular weight is 529 g/mol. The Kier molecular flexibility index (Phi) is 6.98. The second-order valence-electron chi connectivity index (χ2n) is 7.68. The molecule has 0 atom stereocenters. The molecule has 1 amide bonds. The highest BCUT2D eigenvalue weighted by molar-refractivity contribution is 6.33. The highest BCUT2D eigenvalue weighted by Gasteiger charge is 2.26. The first-order valence-electron chi connectivity index (χ1n) is 10.7. The Bertz CT molecular complexity index is 1570. The van der Waals surface area contributed by atoms with E-state index in [1.807, 2.05) is 0 Å². The highest BCUT2D eigenvalue weighted by atomic mass is 35.5. The third-order valence-electron chi connectivity index (χ3n) is 5.52. The van der Waals surface area contributed by atoms with E-state index >= 15 is 0 Å². The molecular weight excluding hydrogens is 508 g/mol. The number of halogens is 1. The van der Waals surface area contributed by atoms with E-state index in [1.54, 1.807) is 36.4 Å². The van der Waals surface area contributed by atoms with Gasteiger partial charge in [0, 0.05) is 5.56 Å². The van der Waals surface area contributed by atoms with Crippen molar-refractivity contribution in [3.8, 4) is 28.6 Å². The molecule has 2 aromatic carbocycles. The van der Waals surface area contributed by atoms with Crippen molar-refractivity contribution < 1.29 is 23.9 Å². The second-order valence-corrected chi connectivity index (χ2v) is 8.06. The Morgan fingerprint density at radius 2 is 1.78 bits per heavy atom. The number of hydrogen-bond acceptors (Lipinski definition) is 9. The van der Waals surface area contributed by atoms with E-state index in [2.05, 4.69) is 15.5 Å². The van der Waals surface area contributed by atoms with Crippen molar-refractivity contribution in [2.24, 2.45) is 0 Å². The van der Waals surface area contributed by atoms with E-state index in [1.165, 1.54) is 28.3 Å². The van der Waals surface area contributed by atoms with Crippen LogP contribution in [0.1, 0.15) is 5.69 Å². The van der Waals surface area contributed by atoms with E-state index in [-0.39, 0.29) is 21.9 Å². The van der Waals surface area contributed by atoms with E-state index in [9.17, 15) is 19.7 Å². The summed E-state index contributed by atoms with van der Waals surface area (Å²) in [6.07, 6.45) is 0. The average Bonchev–Trinajstić information content (AvgIpc) is 3.17. The summed E-state index contributed by atoms with van der Waals surface area (Å²) < 4.78 is 18.3. The molecule has 0 bridgehead atoms. The largest absolute Gasteiger partial charge is 0.493 e. The SMILES string of the molecule is COc1cc(-c2nc3ccccc3c(=O)n2NC(=O)Cn2nc([N+](=O)[O-])c(Cl)c2C)cc(OC)c1OC. The van der Waals surface area contributed by atoms with Crippen molar-refractivity contribution in [2.75, 3.05) is 26.8 Å². The van der Waals surface area contributed by atoms with Gasteiger partial charge in [-0.15, -0.1) is 0 Å². The molecule has 192 valence electrons. The van der Waals surface area contributed by atoms with Crippen molar-refractivity contribution in [1.82, 2.24) is 19.4 Å². The van der Waals surface area contributed by atoms with Crippen LogP contribution < -0.4 is 25.2 Å². The Balaban J connectivity index is 1.84. The number of carbonyl (C=O) groups excluding carboxylic acids is 1. The van der Waals surface area contributed by atoms with Gasteiger partial charge in [0.25, 0.3) is 11.5 Å². The molecule has 0 unspecified atom stereocenters. The summed E-state index contributed by atoms with van der Waals surface area (Å²) in [7, 11) is 4.35. The summed E-state index contributed by atoms with van der Waals surface area (Å²) in [5, 5.41) is 15.0. The Hall–Kier alpha value is -4.65. The number of methoxy groups -OCH3 is 3. The third-order valence-corrected chi connectivity index (χ3v) is 5.96. The van der Waals surface area contributed by atoms with Crippen LogP contribution in [0.25, 0.3) is 22.3 Å². The summed E-state index contributed by atoms with van der Waals surface area (Å²) in [5.74, 6) is -0.241. The Morgan fingerprint density at radius 1 is 1.14 bits per heavy atom. The van der Waals surface area contributed by atoms with Gasteiger partial charge in [-0.2, -0.15) is 9.36 Å². The van der Waals surface area contributed by atoms with E-state index in [0.717, 1.165) is 9.36 Å². The first kappa shape index (κ1) is 25.4. The maximum atomic E-state index is 13.4. The van der Waals surface area contributed by atoms with Gasteiger partial charge in [0.1, 0.15) is 6.54 Å². The summed E-state index contributed by atoms with van der Waals surface area (Å²) in [4.78, 5) is 41.4. The molecule has 37 heavy (non-hydrogen) atoms. The number of rotatable bonds is 8. The molecule has 0 saturated heterocycles. The van der Waals surface area contributed by atoms with Gasteiger partial charge < -0.3 is 24.3 Å². The number of carbonyl (C=O) groups is 1. The van der Waals surface area contributed by atoms with Crippen LogP contribution >= 0.6 is 11.6 Å². The number of nitro groups is 1. The predicted molar refractivity (Wildman–Crippen MR) is 134 cm³/mol. The molecule has 0 aliphatic carbocycles. The molecule has 4 aromatic rings. The molecule has 0 spiro atoms. The minimum Gasteiger partial charge on any atom is -0.493 e. The maximum absolute atomic E-state index is 13.4. The zero-order valence-electron chi connectivity index (χ0n) is 20.1. The number of benzene rings is 2. The zero-order valence-corrected chi connectivity index (χ0v) is 20.9. The second kappa shape index (κ2) is 10.1. The van der Waals surface area contributed by atoms with Gasteiger partial charge in [-0.3, -0.25) is 15.0 Å². The standard InChI is InChI=1S/C23H21ClN6O7/c1-12-19(24)22(30(33)34)27-28(12)11-18(31)26-29-21(25-15-8-6-5-7-14(15)23(29)32)13-9-16(35-2)20(37-4)17(10-13)36-3/h5-10H,11H2,1-4H3,(H,26,31). The smallest absolute Gasteiger partial charge is 0.408 e. The highest BCUT2D eigenvalue weighted by Crippen LogP contribution is 2.40. The number of nitrogens with zero attached hydrogens (tertiary/aromatic N) is 5. The first-order valence-corrected chi connectivity index (χ1v) is 11.1. The molecule has 13 nitrogen and oxygen atoms in total. The topological polar surface area (TPSA) is 153 Å². The van der Waals surface area contributed by atoms with Crippen molar-refractivity contribution in [1.29, 1.82) is 0 Å². The number of para-hydroxylation sites is 1. The van der Waals surface area contributed by atoms with Gasteiger partial charge in [-0.25, -0.2) is 4.98 Å². The van der Waals surface area contributed by atoms with Gasteiger partial charge in [-0.1, -0.05) is 23.7 Å². The minimum atomic E-state index is -0.746. The van der Waals surface area contributed by atoms with Crippen molar-refractivity contribution in [3.05, 3.63) is 67.6 Å². The molecule has 0 aliphatic rings. The molecule has 0 fully saturated rings. The van der Waals surface area contributed by atoms with Gasteiger partial charge >= 0.3 is 5.82 Å². The lowest BCUT2D eigenvalue weighted by Gasteiger charge is -2.17.